The smallest absolute Gasteiger partial charge is 0.358 e. The molecule has 6 heteroatoms. The predicted octanol–water partition coefficient (Wildman–Crippen LogP) is 1.37. The summed E-state index contributed by atoms with van der Waals surface area (Å²) in [6.07, 6.45) is 2.10. The van der Waals surface area contributed by atoms with Crippen LogP contribution >= 0.6 is 0 Å². The van der Waals surface area contributed by atoms with Crippen molar-refractivity contribution in [1.82, 2.24) is 10.1 Å². The van der Waals surface area contributed by atoms with E-state index in [-0.39, 0.29) is 11.3 Å². The van der Waals surface area contributed by atoms with Gasteiger partial charge in [0.15, 0.2) is 11.5 Å². The van der Waals surface area contributed by atoms with Gasteiger partial charge in [-0.15, -0.1) is 0 Å². The molecule has 2 heterocycles. The molecule has 0 aliphatic carbocycles. The standard InChI is InChI=1S/C12H18N2O4/c1-12(17-2)4-3-5-14(8-12)7-9-6-10(11(15)16)13-18-9/h6H,3-5,7-8H2,1-2H3,(H,15,16). The van der Waals surface area contributed by atoms with Crippen LogP contribution < -0.4 is 0 Å². The molecule has 0 amide bonds. The molecule has 0 aromatic carbocycles. The molecular formula is C12H18N2O4. The van der Waals surface area contributed by atoms with Crippen LogP contribution in [-0.2, 0) is 11.3 Å². The number of ether oxygens (including phenoxy) is 1. The van der Waals surface area contributed by atoms with Crippen LogP contribution in [0, 0.1) is 0 Å². The van der Waals surface area contributed by atoms with E-state index in [1.807, 2.05) is 0 Å². The molecule has 0 spiro atoms. The first-order valence-corrected chi connectivity index (χ1v) is 5.99. The molecular weight excluding hydrogens is 236 g/mol. The summed E-state index contributed by atoms with van der Waals surface area (Å²) in [5, 5.41) is 12.3. The molecule has 0 saturated carbocycles. The second-order valence-electron chi connectivity index (χ2n) is 4.95. The van der Waals surface area contributed by atoms with E-state index in [2.05, 4.69) is 17.0 Å². The molecule has 1 unspecified atom stereocenters. The Morgan fingerprint density at radius 3 is 3.11 bits per heavy atom. The molecule has 1 aliphatic heterocycles. The van der Waals surface area contributed by atoms with Crippen molar-refractivity contribution in [3.63, 3.8) is 0 Å². The third kappa shape index (κ3) is 2.88. The number of rotatable bonds is 4. The minimum Gasteiger partial charge on any atom is -0.476 e. The minimum atomic E-state index is -1.06. The quantitative estimate of drug-likeness (QED) is 0.874. The van der Waals surface area contributed by atoms with Gasteiger partial charge in [0.25, 0.3) is 0 Å². The van der Waals surface area contributed by atoms with E-state index < -0.39 is 5.97 Å². The highest BCUT2D eigenvalue weighted by Gasteiger charge is 2.31. The lowest BCUT2D eigenvalue weighted by atomic mass is 9.95. The van der Waals surface area contributed by atoms with Gasteiger partial charge in [-0.3, -0.25) is 4.90 Å². The van der Waals surface area contributed by atoms with E-state index in [9.17, 15) is 4.79 Å². The van der Waals surface area contributed by atoms with Gasteiger partial charge in [0.2, 0.25) is 0 Å². The van der Waals surface area contributed by atoms with Gasteiger partial charge in [0, 0.05) is 19.7 Å². The number of piperidine rings is 1. The summed E-state index contributed by atoms with van der Waals surface area (Å²) in [7, 11) is 1.72. The van der Waals surface area contributed by atoms with Crippen LogP contribution in [0.5, 0.6) is 0 Å². The number of aromatic nitrogens is 1. The molecule has 1 atom stereocenters. The number of hydrogen-bond acceptors (Lipinski definition) is 5. The topological polar surface area (TPSA) is 75.8 Å². The molecule has 2 rings (SSSR count). The number of nitrogens with zero attached hydrogens (tertiary/aromatic N) is 2. The number of hydrogen-bond donors (Lipinski definition) is 1. The number of carboxylic acids is 1. The summed E-state index contributed by atoms with van der Waals surface area (Å²) < 4.78 is 10.5. The molecule has 0 radical (unpaired) electrons. The summed E-state index contributed by atoms with van der Waals surface area (Å²) in [5.41, 5.74) is -0.176. The fourth-order valence-electron chi connectivity index (χ4n) is 2.32. The monoisotopic (exact) mass is 254 g/mol. The van der Waals surface area contributed by atoms with Crippen molar-refractivity contribution in [2.45, 2.75) is 31.9 Å². The lowest BCUT2D eigenvalue weighted by molar-refractivity contribution is -0.0541. The van der Waals surface area contributed by atoms with Gasteiger partial charge in [0.05, 0.1) is 12.1 Å². The van der Waals surface area contributed by atoms with Crippen LogP contribution in [0.15, 0.2) is 10.6 Å². The molecule has 1 fully saturated rings. The van der Waals surface area contributed by atoms with Crippen molar-refractivity contribution in [3.8, 4) is 0 Å². The van der Waals surface area contributed by atoms with Crippen molar-refractivity contribution in [2.24, 2.45) is 0 Å². The average Bonchev–Trinajstić information content (AvgIpc) is 2.78. The summed E-state index contributed by atoms with van der Waals surface area (Å²) in [4.78, 5) is 12.9. The first-order valence-electron chi connectivity index (χ1n) is 5.99. The van der Waals surface area contributed by atoms with Gasteiger partial charge in [-0.1, -0.05) is 5.16 Å². The van der Waals surface area contributed by atoms with Gasteiger partial charge >= 0.3 is 5.97 Å². The Morgan fingerprint density at radius 1 is 1.72 bits per heavy atom. The Labute approximate surface area is 106 Å². The van der Waals surface area contributed by atoms with E-state index >= 15 is 0 Å². The van der Waals surface area contributed by atoms with Crippen molar-refractivity contribution < 1.29 is 19.2 Å². The van der Waals surface area contributed by atoms with Crippen LogP contribution in [-0.4, -0.2) is 46.9 Å². The highest BCUT2D eigenvalue weighted by atomic mass is 16.5. The van der Waals surface area contributed by atoms with E-state index in [0.29, 0.717) is 12.3 Å². The summed E-state index contributed by atoms with van der Waals surface area (Å²) in [6.45, 7) is 4.43. The van der Waals surface area contributed by atoms with E-state index in [0.717, 1.165) is 25.9 Å². The van der Waals surface area contributed by atoms with Crippen LogP contribution in [0.25, 0.3) is 0 Å². The highest BCUT2D eigenvalue weighted by Crippen LogP contribution is 2.25. The number of carboxylic acid groups (broad SMARTS) is 1. The second kappa shape index (κ2) is 5.07. The van der Waals surface area contributed by atoms with Gasteiger partial charge < -0.3 is 14.4 Å². The number of methoxy groups -OCH3 is 1. The number of carbonyl (C=O) groups is 1. The summed E-state index contributed by atoms with van der Waals surface area (Å²) in [6, 6.07) is 1.47. The maximum Gasteiger partial charge on any atom is 0.358 e. The van der Waals surface area contributed by atoms with Crippen LogP contribution in [0.1, 0.15) is 36.0 Å². The fourth-order valence-corrected chi connectivity index (χ4v) is 2.32. The Kier molecular flexibility index (Phi) is 3.68. The van der Waals surface area contributed by atoms with Gasteiger partial charge in [-0.05, 0) is 26.3 Å². The van der Waals surface area contributed by atoms with Crippen LogP contribution in [0.3, 0.4) is 0 Å². The van der Waals surface area contributed by atoms with Crippen LogP contribution in [0.4, 0.5) is 0 Å². The van der Waals surface area contributed by atoms with Crippen molar-refractivity contribution in [1.29, 1.82) is 0 Å². The molecule has 1 N–H and O–H groups in total. The van der Waals surface area contributed by atoms with Crippen LogP contribution in [0.2, 0.25) is 0 Å². The lowest BCUT2D eigenvalue weighted by Crippen LogP contribution is -2.46. The van der Waals surface area contributed by atoms with Crippen molar-refractivity contribution in [2.75, 3.05) is 20.2 Å². The Morgan fingerprint density at radius 2 is 2.50 bits per heavy atom. The molecule has 100 valence electrons. The van der Waals surface area contributed by atoms with Crippen molar-refractivity contribution in [3.05, 3.63) is 17.5 Å². The van der Waals surface area contributed by atoms with Crippen molar-refractivity contribution >= 4 is 5.97 Å². The minimum absolute atomic E-state index is 0.0449. The van der Waals surface area contributed by atoms with E-state index in [1.165, 1.54) is 6.07 Å². The Hall–Kier alpha value is -1.40. The first kappa shape index (κ1) is 13.0. The predicted molar refractivity (Wildman–Crippen MR) is 63.4 cm³/mol. The molecule has 1 saturated heterocycles. The first-order chi connectivity index (χ1) is 8.52. The maximum absolute atomic E-state index is 10.7. The van der Waals surface area contributed by atoms with Gasteiger partial charge in [0.1, 0.15) is 0 Å². The zero-order valence-electron chi connectivity index (χ0n) is 10.7. The molecule has 1 aromatic rings. The highest BCUT2D eigenvalue weighted by molar-refractivity contribution is 5.85. The number of aromatic carboxylic acids is 1. The zero-order chi connectivity index (χ0) is 13.2. The lowest BCUT2D eigenvalue weighted by Gasteiger charge is -2.38. The maximum atomic E-state index is 10.7. The molecule has 0 bridgehead atoms. The van der Waals surface area contributed by atoms with E-state index in [4.69, 9.17) is 14.4 Å². The Balaban J connectivity index is 1.98. The number of likely N-dealkylation sites (tertiary alicyclic amines) is 1. The molecule has 1 aromatic heterocycles. The fraction of sp³-hybridized carbons (Fsp3) is 0.667. The molecule has 6 nitrogen and oxygen atoms in total. The summed E-state index contributed by atoms with van der Waals surface area (Å²) in [5.74, 6) is -0.488. The normalized spacial score (nSPS) is 25.2. The SMILES string of the molecule is COC1(C)CCCN(Cc2cc(C(=O)O)no2)C1. The third-order valence-electron chi connectivity index (χ3n) is 3.39. The van der Waals surface area contributed by atoms with E-state index in [1.54, 1.807) is 7.11 Å². The average molecular weight is 254 g/mol. The zero-order valence-corrected chi connectivity index (χ0v) is 10.7. The second-order valence-corrected chi connectivity index (χ2v) is 4.95. The molecule has 1 aliphatic rings. The largest absolute Gasteiger partial charge is 0.476 e. The Bertz CT molecular complexity index is 431. The third-order valence-corrected chi connectivity index (χ3v) is 3.39. The van der Waals surface area contributed by atoms with Gasteiger partial charge in [-0.2, -0.15) is 0 Å². The molecule has 18 heavy (non-hydrogen) atoms. The summed E-state index contributed by atoms with van der Waals surface area (Å²) >= 11 is 0. The van der Waals surface area contributed by atoms with Gasteiger partial charge in [-0.25, -0.2) is 4.79 Å².